The molecular formula is C28H40O. The lowest BCUT2D eigenvalue weighted by Crippen LogP contribution is -2.11. The summed E-state index contributed by atoms with van der Waals surface area (Å²) in [6, 6.07) is 17.8. The van der Waals surface area contributed by atoms with E-state index >= 15 is 0 Å². The highest BCUT2D eigenvalue weighted by atomic mass is 16.5. The maximum Gasteiger partial charge on any atom is 0.119 e. The molecule has 3 rings (SSSR count). The summed E-state index contributed by atoms with van der Waals surface area (Å²) in [5.41, 5.74) is 4.05. The van der Waals surface area contributed by atoms with E-state index in [1.165, 1.54) is 87.3 Å². The van der Waals surface area contributed by atoms with E-state index in [9.17, 15) is 0 Å². The van der Waals surface area contributed by atoms with Crippen molar-refractivity contribution in [2.75, 3.05) is 0 Å². The summed E-state index contributed by atoms with van der Waals surface area (Å²) in [7, 11) is 0. The van der Waals surface area contributed by atoms with Crippen molar-refractivity contribution in [2.45, 2.75) is 97.0 Å². The van der Waals surface area contributed by atoms with E-state index in [2.05, 4.69) is 62.4 Å². The van der Waals surface area contributed by atoms with Crippen LogP contribution in [0.15, 0.2) is 48.5 Å². The topological polar surface area (TPSA) is 9.23 Å². The first-order valence-corrected chi connectivity index (χ1v) is 12.1. The molecule has 0 spiro atoms. The molecule has 1 saturated carbocycles. The molecule has 0 unspecified atom stereocenters. The fraction of sp³-hybridized carbons (Fsp3) is 0.571. The zero-order valence-corrected chi connectivity index (χ0v) is 18.7. The van der Waals surface area contributed by atoms with E-state index in [0.29, 0.717) is 6.10 Å². The van der Waals surface area contributed by atoms with Crippen LogP contribution in [0.1, 0.15) is 90.0 Å². The lowest BCUT2D eigenvalue weighted by molar-refractivity contribution is 0.206. The van der Waals surface area contributed by atoms with Crippen molar-refractivity contribution in [3.05, 3.63) is 54.1 Å². The lowest BCUT2D eigenvalue weighted by Gasteiger charge is -2.21. The fourth-order valence-corrected chi connectivity index (χ4v) is 4.59. The van der Waals surface area contributed by atoms with Gasteiger partial charge in [0.1, 0.15) is 5.75 Å². The Morgan fingerprint density at radius 3 is 2.14 bits per heavy atom. The average Bonchev–Trinajstić information content (AvgIpc) is 2.77. The molecule has 1 aliphatic rings. The van der Waals surface area contributed by atoms with Gasteiger partial charge in [-0.15, -0.1) is 0 Å². The van der Waals surface area contributed by atoms with Crippen molar-refractivity contribution in [1.29, 1.82) is 0 Å². The molecule has 0 N–H and O–H groups in total. The molecule has 0 radical (unpaired) electrons. The monoisotopic (exact) mass is 392 g/mol. The van der Waals surface area contributed by atoms with Crippen LogP contribution in [0, 0.1) is 5.92 Å². The van der Waals surface area contributed by atoms with Gasteiger partial charge in [0.2, 0.25) is 0 Å². The zero-order chi connectivity index (χ0) is 20.3. The van der Waals surface area contributed by atoms with Gasteiger partial charge in [0.15, 0.2) is 0 Å². The Bertz CT molecular complexity index is 679. The molecule has 0 aromatic heterocycles. The first-order valence-electron chi connectivity index (χ1n) is 12.1. The highest BCUT2D eigenvalue weighted by Crippen LogP contribution is 2.28. The normalized spacial score (nSPS) is 15.9. The Labute approximate surface area is 178 Å². The van der Waals surface area contributed by atoms with Crippen LogP contribution in [-0.2, 0) is 6.42 Å². The quantitative estimate of drug-likeness (QED) is 0.348. The Hall–Kier alpha value is -1.76. The van der Waals surface area contributed by atoms with Gasteiger partial charge < -0.3 is 4.74 Å². The summed E-state index contributed by atoms with van der Waals surface area (Å²) in [4.78, 5) is 0. The molecule has 0 amide bonds. The van der Waals surface area contributed by atoms with Gasteiger partial charge in [-0.2, -0.15) is 0 Å². The highest BCUT2D eigenvalue weighted by molar-refractivity contribution is 5.64. The molecule has 0 aliphatic heterocycles. The molecule has 1 atom stereocenters. The second kappa shape index (κ2) is 12.1. The Balaban J connectivity index is 1.46. The average molecular weight is 393 g/mol. The van der Waals surface area contributed by atoms with Gasteiger partial charge >= 0.3 is 0 Å². The second-order valence-corrected chi connectivity index (χ2v) is 9.04. The summed E-state index contributed by atoms with van der Waals surface area (Å²) < 4.78 is 6.09. The minimum Gasteiger partial charge on any atom is -0.491 e. The lowest BCUT2D eigenvalue weighted by atomic mass is 9.85. The molecule has 1 fully saturated rings. The number of rotatable bonds is 11. The van der Waals surface area contributed by atoms with Crippen LogP contribution in [0.5, 0.6) is 5.75 Å². The van der Waals surface area contributed by atoms with E-state index in [1.54, 1.807) is 0 Å². The van der Waals surface area contributed by atoms with E-state index in [0.717, 1.165) is 18.1 Å². The van der Waals surface area contributed by atoms with Crippen LogP contribution in [0.25, 0.3) is 11.1 Å². The largest absolute Gasteiger partial charge is 0.491 e. The minimum absolute atomic E-state index is 0.293. The van der Waals surface area contributed by atoms with Crippen molar-refractivity contribution >= 4 is 0 Å². The van der Waals surface area contributed by atoms with E-state index in [-0.39, 0.29) is 0 Å². The second-order valence-electron chi connectivity index (χ2n) is 9.04. The number of hydrogen-bond acceptors (Lipinski definition) is 1. The summed E-state index contributed by atoms with van der Waals surface area (Å²) in [6.45, 7) is 4.44. The van der Waals surface area contributed by atoms with Gasteiger partial charge in [-0.05, 0) is 67.3 Å². The summed E-state index contributed by atoms with van der Waals surface area (Å²) in [6.07, 6.45) is 16.5. The third-order valence-electron chi connectivity index (χ3n) is 6.51. The van der Waals surface area contributed by atoms with Crippen LogP contribution in [0.2, 0.25) is 0 Å². The van der Waals surface area contributed by atoms with Crippen molar-refractivity contribution in [2.24, 2.45) is 5.92 Å². The molecule has 1 aliphatic carbocycles. The van der Waals surface area contributed by atoms with Crippen LogP contribution in [0.3, 0.4) is 0 Å². The number of hydrogen-bond donors (Lipinski definition) is 0. The molecule has 0 heterocycles. The Morgan fingerprint density at radius 2 is 1.48 bits per heavy atom. The number of aryl methyl sites for hydroxylation is 1. The van der Waals surface area contributed by atoms with Crippen LogP contribution >= 0.6 is 0 Å². The first kappa shape index (κ1) is 21.9. The Morgan fingerprint density at radius 1 is 0.828 bits per heavy atom. The molecule has 29 heavy (non-hydrogen) atoms. The van der Waals surface area contributed by atoms with Gasteiger partial charge in [-0.3, -0.25) is 0 Å². The first-order chi connectivity index (χ1) is 14.2. The summed E-state index contributed by atoms with van der Waals surface area (Å²) >= 11 is 0. The highest BCUT2D eigenvalue weighted by Gasteiger charge is 2.13. The van der Waals surface area contributed by atoms with Crippen LogP contribution < -0.4 is 4.74 Å². The number of ether oxygens (including phenoxy) is 1. The molecule has 158 valence electrons. The molecule has 1 nitrogen and oxygen atoms in total. The maximum atomic E-state index is 6.09. The van der Waals surface area contributed by atoms with Gasteiger partial charge in [-0.25, -0.2) is 0 Å². The third-order valence-corrected chi connectivity index (χ3v) is 6.51. The molecular weight excluding hydrogens is 352 g/mol. The molecule has 2 aromatic carbocycles. The molecule has 1 heteroatoms. The van der Waals surface area contributed by atoms with Crippen molar-refractivity contribution in [3.63, 3.8) is 0 Å². The van der Waals surface area contributed by atoms with Gasteiger partial charge in [-0.1, -0.05) is 94.7 Å². The van der Waals surface area contributed by atoms with Gasteiger partial charge in [0.05, 0.1) is 6.10 Å². The number of benzene rings is 2. The van der Waals surface area contributed by atoms with Crippen molar-refractivity contribution < 1.29 is 4.74 Å². The molecule has 0 saturated heterocycles. The Kier molecular flexibility index (Phi) is 9.12. The van der Waals surface area contributed by atoms with E-state index < -0.39 is 0 Å². The molecule has 0 bridgehead atoms. The molecule has 2 aromatic rings. The number of unbranched alkanes of at least 4 members (excludes halogenated alkanes) is 3. The predicted molar refractivity (Wildman–Crippen MR) is 126 cm³/mol. The van der Waals surface area contributed by atoms with E-state index in [1.807, 2.05) is 0 Å². The summed E-state index contributed by atoms with van der Waals surface area (Å²) in [5.74, 6) is 1.95. The standard InChI is InChI=1S/C28H40O/c1-3-4-5-7-10-23(2)29-28-21-19-27(20-22-28)26-17-15-25(16-18-26)14-13-24-11-8-6-9-12-24/h15-24H,3-14H2,1-2H3/t23-/m0/s1. The minimum atomic E-state index is 0.293. The third kappa shape index (κ3) is 7.53. The summed E-state index contributed by atoms with van der Waals surface area (Å²) in [5, 5.41) is 0. The van der Waals surface area contributed by atoms with Crippen LogP contribution in [0.4, 0.5) is 0 Å². The smallest absolute Gasteiger partial charge is 0.119 e. The van der Waals surface area contributed by atoms with Crippen molar-refractivity contribution in [3.8, 4) is 16.9 Å². The maximum absolute atomic E-state index is 6.09. The zero-order valence-electron chi connectivity index (χ0n) is 18.7. The predicted octanol–water partition coefficient (Wildman–Crippen LogP) is 8.60. The van der Waals surface area contributed by atoms with Gasteiger partial charge in [0, 0.05) is 0 Å². The SMILES string of the molecule is CCCCCC[C@H](C)Oc1ccc(-c2ccc(CCC3CCCCC3)cc2)cc1. The van der Waals surface area contributed by atoms with Crippen LogP contribution in [-0.4, -0.2) is 6.10 Å². The van der Waals surface area contributed by atoms with E-state index in [4.69, 9.17) is 4.74 Å². The fourth-order valence-electron chi connectivity index (χ4n) is 4.59. The van der Waals surface area contributed by atoms with Gasteiger partial charge in [0.25, 0.3) is 0 Å². The van der Waals surface area contributed by atoms with Crippen molar-refractivity contribution in [1.82, 2.24) is 0 Å².